The highest BCUT2D eigenvalue weighted by atomic mass is 19.1. The van der Waals surface area contributed by atoms with Gasteiger partial charge < -0.3 is 5.32 Å². The summed E-state index contributed by atoms with van der Waals surface area (Å²) in [6, 6.07) is 4.16. The van der Waals surface area contributed by atoms with Gasteiger partial charge in [0.25, 0.3) is 0 Å². The molecule has 1 nitrogen and oxygen atoms in total. The molecular formula is C17H27F2N. The summed E-state index contributed by atoms with van der Waals surface area (Å²) in [7, 11) is 0. The molecule has 2 atom stereocenters. The quantitative estimate of drug-likeness (QED) is 0.807. The maximum Gasteiger partial charge on any atom is 0.129 e. The van der Waals surface area contributed by atoms with Crippen molar-refractivity contribution < 1.29 is 8.78 Å². The van der Waals surface area contributed by atoms with E-state index in [0.29, 0.717) is 12.3 Å². The first-order valence-electron chi connectivity index (χ1n) is 7.42. The molecule has 0 saturated carbocycles. The molecule has 1 N–H and O–H groups in total. The number of likely N-dealkylation sites (N-methyl/N-ethyl adjacent to an activating group) is 1. The molecule has 0 spiro atoms. The van der Waals surface area contributed by atoms with Crippen LogP contribution >= 0.6 is 0 Å². The Morgan fingerprint density at radius 2 is 1.70 bits per heavy atom. The molecule has 2 unspecified atom stereocenters. The monoisotopic (exact) mass is 283 g/mol. The lowest BCUT2D eigenvalue weighted by Crippen LogP contribution is -2.35. The summed E-state index contributed by atoms with van der Waals surface area (Å²) in [6.07, 6.45) is 1.30. The largest absolute Gasteiger partial charge is 0.314 e. The fourth-order valence-electron chi connectivity index (χ4n) is 2.28. The predicted octanol–water partition coefficient (Wildman–Crippen LogP) is 4.56. The van der Waals surface area contributed by atoms with Crippen molar-refractivity contribution in [1.82, 2.24) is 5.32 Å². The minimum atomic E-state index is -0.448. The SMILES string of the molecule is CCNC(Cc1c(F)cccc1F)CC(C)C(C)(C)C. The van der Waals surface area contributed by atoms with Gasteiger partial charge >= 0.3 is 0 Å². The third-order valence-electron chi connectivity index (χ3n) is 4.12. The van der Waals surface area contributed by atoms with Gasteiger partial charge in [-0.05, 0) is 42.9 Å². The van der Waals surface area contributed by atoms with Gasteiger partial charge in [-0.15, -0.1) is 0 Å². The maximum atomic E-state index is 13.8. The van der Waals surface area contributed by atoms with E-state index in [9.17, 15) is 8.78 Å². The molecule has 20 heavy (non-hydrogen) atoms. The third-order valence-corrected chi connectivity index (χ3v) is 4.12. The second kappa shape index (κ2) is 7.16. The van der Waals surface area contributed by atoms with Crippen molar-refractivity contribution in [3.63, 3.8) is 0 Å². The first kappa shape index (κ1) is 17.1. The molecule has 0 bridgehead atoms. The lowest BCUT2D eigenvalue weighted by molar-refractivity contribution is 0.222. The lowest BCUT2D eigenvalue weighted by atomic mass is 9.77. The van der Waals surface area contributed by atoms with Crippen molar-refractivity contribution >= 4 is 0 Å². The van der Waals surface area contributed by atoms with Crippen LogP contribution in [0.5, 0.6) is 0 Å². The van der Waals surface area contributed by atoms with Crippen molar-refractivity contribution in [3.05, 3.63) is 35.4 Å². The summed E-state index contributed by atoms with van der Waals surface area (Å²) < 4.78 is 27.5. The third kappa shape index (κ3) is 4.86. The zero-order valence-electron chi connectivity index (χ0n) is 13.3. The molecular weight excluding hydrogens is 256 g/mol. The molecule has 0 aliphatic heterocycles. The van der Waals surface area contributed by atoms with Gasteiger partial charge in [-0.25, -0.2) is 8.78 Å². The van der Waals surface area contributed by atoms with Crippen LogP contribution < -0.4 is 5.32 Å². The summed E-state index contributed by atoms with van der Waals surface area (Å²) in [5.74, 6) is -0.422. The number of halogens is 2. The average molecular weight is 283 g/mol. The highest BCUT2D eigenvalue weighted by Crippen LogP contribution is 2.30. The minimum absolute atomic E-state index is 0.0978. The molecule has 114 valence electrons. The lowest BCUT2D eigenvalue weighted by Gasteiger charge is -2.31. The number of benzene rings is 1. The van der Waals surface area contributed by atoms with E-state index < -0.39 is 11.6 Å². The number of hydrogen-bond acceptors (Lipinski definition) is 1. The van der Waals surface area contributed by atoms with Crippen LogP contribution in [0.15, 0.2) is 18.2 Å². The van der Waals surface area contributed by atoms with Crippen LogP contribution in [0.3, 0.4) is 0 Å². The van der Waals surface area contributed by atoms with E-state index in [4.69, 9.17) is 0 Å². The van der Waals surface area contributed by atoms with Crippen LogP contribution in [0, 0.1) is 23.0 Å². The Morgan fingerprint density at radius 1 is 1.15 bits per heavy atom. The van der Waals surface area contributed by atoms with Crippen LogP contribution in [0.4, 0.5) is 8.78 Å². The van der Waals surface area contributed by atoms with Crippen LogP contribution in [0.2, 0.25) is 0 Å². The minimum Gasteiger partial charge on any atom is -0.314 e. The van der Waals surface area contributed by atoms with Gasteiger partial charge in [0, 0.05) is 11.6 Å². The van der Waals surface area contributed by atoms with E-state index >= 15 is 0 Å². The Kier molecular flexibility index (Phi) is 6.12. The van der Waals surface area contributed by atoms with E-state index in [1.165, 1.54) is 18.2 Å². The first-order chi connectivity index (χ1) is 9.25. The van der Waals surface area contributed by atoms with Gasteiger partial charge in [0.05, 0.1) is 0 Å². The van der Waals surface area contributed by atoms with Gasteiger partial charge in [-0.3, -0.25) is 0 Å². The zero-order chi connectivity index (χ0) is 15.3. The Hall–Kier alpha value is -0.960. The van der Waals surface area contributed by atoms with Crippen LogP contribution in [-0.2, 0) is 6.42 Å². The van der Waals surface area contributed by atoms with E-state index in [2.05, 4.69) is 33.0 Å². The number of rotatable bonds is 6. The van der Waals surface area contributed by atoms with Gasteiger partial charge in [0.15, 0.2) is 0 Å². The molecule has 0 aromatic heterocycles. The molecule has 0 aliphatic carbocycles. The summed E-state index contributed by atoms with van der Waals surface area (Å²) in [6.45, 7) is 11.6. The summed E-state index contributed by atoms with van der Waals surface area (Å²) in [5.41, 5.74) is 0.390. The topological polar surface area (TPSA) is 12.0 Å². The van der Waals surface area contributed by atoms with Crippen LogP contribution in [0.1, 0.15) is 46.6 Å². The second-order valence-electron chi connectivity index (χ2n) is 6.66. The fraction of sp³-hybridized carbons (Fsp3) is 0.647. The van der Waals surface area contributed by atoms with Gasteiger partial charge in [-0.2, -0.15) is 0 Å². The van der Waals surface area contributed by atoms with Crippen molar-refractivity contribution in [2.75, 3.05) is 6.54 Å². The fourth-order valence-corrected chi connectivity index (χ4v) is 2.28. The normalized spacial score (nSPS) is 15.2. The molecule has 0 saturated heterocycles. The average Bonchev–Trinajstić information content (AvgIpc) is 2.33. The Balaban J connectivity index is 2.82. The zero-order valence-corrected chi connectivity index (χ0v) is 13.3. The smallest absolute Gasteiger partial charge is 0.129 e. The Morgan fingerprint density at radius 3 is 2.15 bits per heavy atom. The Labute approximate surface area is 121 Å². The predicted molar refractivity (Wildman–Crippen MR) is 80.8 cm³/mol. The van der Waals surface area contributed by atoms with Crippen molar-refractivity contribution in [2.45, 2.75) is 53.5 Å². The van der Waals surface area contributed by atoms with Crippen molar-refractivity contribution in [2.24, 2.45) is 11.3 Å². The van der Waals surface area contributed by atoms with Crippen LogP contribution in [0.25, 0.3) is 0 Å². The standard InChI is InChI=1S/C17H27F2N/c1-6-20-13(10-12(2)17(3,4)5)11-14-15(18)8-7-9-16(14)19/h7-9,12-13,20H,6,10-11H2,1-5H3. The number of hydrogen-bond donors (Lipinski definition) is 1. The Bertz CT molecular complexity index is 403. The first-order valence-corrected chi connectivity index (χ1v) is 7.42. The van der Waals surface area contributed by atoms with Gasteiger partial charge in [0.1, 0.15) is 11.6 Å². The van der Waals surface area contributed by atoms with Crippen molar-refractivity contribution in [1.29, 1.82) is 0 Å². The molecule has 1 rings (SSSR count). The second-order valence-corrected chi connectivity index (χ2v) is 6.66. The summed E-state index contributed by atoms with van der Waals surface area (Å²) in [4.78, 5) is 0. The summed E-state index contributed by atoms with van der Waals surface area (Å²) >= 11 is 0. The molecule has 0 aliphatic rings. The summed E-state index contributed by atoms with van der Waals surface area (Å²) in [5, 5.41) is 3.36. The molecule has 0 fully saturated rings. The van der Waals surface area contributed by atoms with Crippen molar-refractivity contribution in [3.8, 4) is 0 Å². The molecule has 0 heterocycles. The molecule has 0 radical (unpaired) electrons. The van der Waals surface area contributed by atoms with Crippen LogP contribution in [-0.4, -0.2) is 12.6 Å². The van der Waals surface area contributed by atoms with E-state index in [-0.39, 0.29) is 17.0 Å². The van der Waals surface area contributed by atoms with E-state index in [0.717, 1.165) is 13.0 Å². The molecule has 0 amide bonds. The number of nitrogens with one attached hydrogen (secondary N) is 1. The van der Waals surface area contributed by atoms with Gasteiger partial charge in [0.2, 0.25) is 0 Å². The highest BCUT2D eigenvalue weighted by Gasteiger charge is 2.24. The van der Waals surface area contributed by atoms with E-state index in [1.54, 1.807) is 0 Å². The molecule has 3 heteroatoms. The maximum absolute atomic E-state index is 13.8. The van der Waals surface area contributed by atoms with E-state index in [1.807, 2.05) is 6.92 Å². The highest BCUT2D eigenvalue weighted by molar-refractivity contribution is 5.20. The molecule has 1 aromatic rings. The molecule has 1 aromatic carbocycles. The van der Waals surface area contributed by atoms with Gasteiger partial charge in [-0.1, -0.05) is 40.7 Å².